The van der Waals surface area contributed by atoms with Gasteiger partial charge in [-0.3, -0.25) is 19.2 Å². The maximum absolute atomic E-state index is 11.4. The summed E-state index contributed by atoms with van der Waals surface area (Å²) in [7, 11) is 0. The maximum atomic E-state index is 11.4. The summed E-state index contributed by atoms with van der Waals surface area (Å²) in [6, 6.07) is 0. The van der Waals surface area contributed by atoms with E-state index in [2.05, 4.69) is 0 Å². The van der Waals surface area contributed by atoms with Crippen molar-refractivity contribution in [3.05, 3.63) is 0 Å². The van der Waals surface area contributed by atoms with E-state index < -0.39 is 60.3 Å². The first kappa shape index (κ1) is 27.5. The minimum atomic E-state index is -5.15. The van der Waals surface area contributed by atoms with E-state index in [0.29, 0.717) is 0 Å². The average molecular weight is 427 g/mol. The molecule has 0 amide bonds. The van der Waals surface area contributed by atoms with Gasteiger partial charge in [-0.15, -0.1) is 0 Å². The third kappa shape index (κ3) is 12.8. The molecule has 0 aliphatic carbocycles. The standard InChI is InChI=1S/2C5H3F3O4.Co/c2*6-5(7,8)3(10)1-2(9)4(11)12;/h2*1H2,(H,11,12);. The van der Waals surface area contributed by atoms with Crippen molar-refractivity contribution in [2.45, 2.75) is 25.2 Å². The molecule has 0 saturated carbocycles. The molecule has 1 radical (unpaired) electrons. The molecule has 25 heavy (non-hydrogen) atoms. The molecule has 2 N–H and O–H groups in total. The maximum Gasteiger partial charge on any atom is 0.450 e. The Bertz CT molecular complexity index is 515. The summed E-state index contributed by atoms with van der Waals surface area (Å²) in [6.45, 7) is 0. The number of ketones is 4. The molecule has 0 rings (SSSR count). The van der Waals surface area contributed by atoms with Crippen LogP contribution in [0.5, 0.6) is 0 Å². The van der Waals surface area contributed by atoms with Crippen LogP contribution in [0.3, 0.4) is 0 Å². The van der Waals surface area contributed by atoms with Crippen molar-refractivity contribution in [1.82, 2.24) is 0 Å². The smallest absolute Gasteiger partial charge is 0.450 e. The van der Waals surface area contributed by atoms with Gasteiger partial charge in [0.1, 0.15) is 0 Å². The first-order valence-corrected chi connectivity index (χ1v) is 5.22. The van der Waals surface area contributed by atoms with Crippen molar-refractivity contribution in [3.8, 4) is 0 Å². The Balaban J connectivity index is -0.000000372. The van der Waals surface area contributed by atoms with Gasteiger partial charge in [0.25, 0.3) is 0 Å². The molecule has 0 aliphatic rings. The topological polar surface area (TPSA) is 143 Å². The van der Waals surface area contributed by atoms with Crippen LogP contribution in [0, 0.1) is 0 Å². The molecule has 0 aromatic rings. The molecule has 145 valence electrons. The second-order valence-electron chi connectivity index (χ2n) is 3.65. The Morgan fingerprint density at radius 3 is 0.920 bits per heavy atom. The summed E-state index contributed by atoms with van der Waals surface area (Å²) >= 11 is 0. The van der Waals surface area contributed by atoms with E-state index in [1.54, 1.807) is 0 Å². The number of rotatable bonds is 6. The summed E-state index contributed by atoms with van der Waals surface area (Å²) < 4.78 is 68.3. The van der Waals surface area contributed by atoms with Crippen LogP contribution in [0.25, 0.3) is 0 Å². The van der Waals surface area contributed by atoms with Crippen molar-refractivity contribution in [2.24, 2.45) is 0 Å². The molecule has 0 atom stereocenters. The molecule has 0 aliphatic heterocycles. The fourth-order valence-electron chi connectivity index (χ4n) is 0.643. The summed E-state index contributed by atoms with van der Waals surface area (Å²) in [5.41, 5.74) is 0. The summed E-state index contributed by atoms with van der Waals surface area (Å²) in [6.07, 6.45) is -13.6. The van der Waals surface area contributed by atoms with E-state index in [-0.39, 0.29) is 16.8 Å². The monoisotopic (exact) mass is 427 g/mol. The number of carboxylic acid groups (broad SMARTS) is 2. The van der Waals surface area contributed by atoms with Crippen LogP contribution in [0.1, 0.15) is 12.8 Å². The van der Waals surface area contributed by atoms with Crippen LogP contribution in [-0.4, -0.2) is 57.6 Å². The van der Waals surface area contributed by atoms with Gasteiger partial charge in [0.2, 0.25) is 23.1 Å². The summed E-state index contributed by atoms with van der Waals surface area (Å²) in [5.74, 6) is -12.3. The molecule has 0 bridgehead atoms. The van der Waals surface area contributed by atoms with Crippen molar-refractivity contribution in [2.75, 3.05) is 0 Å². The van der Waals surface area contributed by atoms with Crippen LogP contribution in [0.2, 0.25) is 0 Å². The minimum absolute atomic E-state index is 0. The van der Waals surface area contributed by atoms with Crippen LogP contribution in [0.15, 0.2) is 0 Å². The van der Waals surface area contributed by atoms with Crippen LogP contribution < -0.4 is 0 Å². The van der Waals surface area contributed by atoms with Crippen molar-refractivity contribution in [1.29, 1.82) is 0 Å². The van der Waals surface area contributed by atoms with Gasteiger partial charge in [0.05, 0.1) is 12.8 Å². The molecule has 8 nitrogen and oxygen atoms in total. The Labute approximate surface area is 143 Å². The zero-order valence-corrected chi connectivity index (χ0v) is 12.4. The Hall–Kier alpha value is -2.29. The molecule has 0 spiro atoms. The van der Waals surface area contributed by atoms with Gasteiger partial charge in [-0.2, -0.15) is 26.3 Å². The average Bonchev–Trinajstić information content (AvgIpc) is 2.36. The normalized spacial score (nSPS) is 10.5. The Morgan fingerprint density at radius 1 is 0.600 bits per heavy atom. The number of hydrogen-bond acceptors (Lipinski definition) is 6. The molecular formula is C10H6CoF6O8. The first-order valence-electron chi connectivity index (χ1n) is 5.22. The van der Waals surface area contributed by atoms with Crippen LogP contribution in [0.4, 0.5) is 26.3 Å². The van der Waals surface area contributed by atoms with Gasteiger partial charge in [0, 0.05) is 16.8 Å². The van der Waals surface area contributed by atoms with Gasteiger partial charge < -0.3 is 10.2 Å². The van der Waals surface area contributed by atoms with Gasteiger partial charge in [-0.05, 0) is 0 Å². The minimum Gasteiger partial charge on any atom is -0.475 e. The van der Waals surface area contributed by atoms with Crippen molar-refractivity contribution >= 4 is 35.1 Å². The summed E-state index contributed by atoms with van der Waals surface area (Å²) in [5, 5.41) is 15.7. The largest absolute Gasteiger partial charge is 0.475 e. The number of carbonyl (C=O) groups excluding carboxylic acids is 4. The second-order valence-corrected chi connectivity index (χ2v) is 3.65. The number of carboxylic acids is 2. The van der Waals surface area contributed by atoms with Gasteiger partial charge in [0.15, 0.2) is 0 Å². The van der Waals surface area contributed by atoms with Gasteiger partial charge >= 0.3 is 24.3 Å². The quantitative estimate of drug-likeness (QED) is 0.351. The third-order valence-electron chi connectivity index (χ3n) is 1.75. The number of hydrogen-bond donors (Lipinski definition) is 2. The van der Waals surface area contributed by atoms with Gasteiger partial charge in [-0.1, -0.05) is 0 Å². The third-order valence-corrected chi connectivity index (χ3v) is 1.75. The Kier molecular flexibility index (Phi) is 11.6. The molecule has 0 unspecified atom stereocenters. The number of Topliss-reactive ketones (excluding diaryl/α,β-unsaturated/α-hetero) is 4. The number of aliphatic carboxylic acids is 2. The molecular weight excluding hydrogens is 421 g/mol. The molecule has 0 saturated heterocycles. The predicted molar refractivity (Wildman–Crippen MR) is 56.6 cm³/mol. The first-order chi connectivity index (χ1) is 10.5. The number of alkyl halides is 6. The van der Waals surface area contributed by atoms with E-state index in [1.807, 2.05) is 0 Å². The Morgan fingerprint density at radius 2 is 0.800 bits per heavy atom. The molecule has 0 heterocycles. The van der Waals surface area contributed by atoms with E-state index in [0.717, 1.165) is 0 Å². The van der Waals surface area contributed by atoms with Crippen LogP contribution >= 0.6 is 0 Å². The second kappa shape index (κ2) is 10.5. The van der Waals surface area contributed by atoms with Gasteiger partial charge in [-0.25, -0.2) is 9.59 Å². The molecule has 0 aromatic carbocycles. The van der Waals surface area contributed by atoms with Crippen molar-refractivity contribution < 1.29 is 82.1 Å². The number of halogens is 6. The van der Waals surface area contributed by atoms with E-state index >= 15 is 0 Å². The predicted octanol–water partition coefficient (Wildman–Crippen LogP) is 0.321. The zero-order valence-electron chi connectivity index (χ0n) is 11.4. The van der Waals surface area contributed by atoms with Crippen molar-refractivity contribution in [3.63, 3.8) is 0 Å². The summed E-state index contributed by atoms with van der Waals surface area (Å²) in [4.78, 5) is 59.5. The van der Waals surface area contributed by atoms with E-state index in [4.69, 9.17) is 10.2 Å². The van der Waals surface area contributed by atoms with Crippen LogP contribution in [-0.2, 0) is 45.5 Å². The van der Waals surface area contributed by atoms with E-state index in [9.17, 15) is 55.1 Å². The molecule has 0 aromatic heterocycles. The fourth-order valence-corrected chi connectivity index (χ4v) is 0.643. The molecule has 0 fully saturated rings. The zero-order chi connectivity index (χ0) is 19.9. The fraction of sp³-hybridized carbons (Fsp3) is 0.400. The van der Waals surface area contributed by atoms with E-state index in [1.165, 1.54) is 0 Å². The SMILES string of the molecule is O=C(O)C(=O)CC(=O)C(F)(F)F.O=C(O)C(=O)CC(=O)C(F)(F)F.[Co]. The molecule has 15 heteroatoms. The number of carbonyl (C=O) groups is 6.